The first-order valence-electron chi connectivity index (χ1n) is 10.5. The molecule has 0 saturated carbocycles. The lowest BCUT2D eigenvalue weighted by molar-refractivity contribution is -0.653. The number of ether oxygens (including phenoxy) is 1. The molecule has 2 aliphatic rings. The van der Waals surface area contributed by atoms with Crippen LogP contribution in [-0.4, -0.2) is 26.7 Å². The summed E-state index contributed by atoms with van der Waals surface area (Å²) in [6, 6.07) is 11.1. The molecule has 2 heterocycles. The monoisotopic (exact) mass is 398 g/mol. The number of hydrogen-bond acceptors (Lipinski definition) is 2. The van der Waals surface area contributed by atoms with Crippen molar-refractivity contribution in [3.63, 3.8) is 0 Å². The van der Waals surface area contributed by atoms with Crippen molar-refractivity contribution in [1.82, 2.24) is 0 Å². The second-order valence-electron chi connectivity index (χ2n) is 8.98. The molecule has 0 amide bonds. The minimum absolute atomic E-state index is 0.0422. The van der Waals surface area contributed by atoms with E-state index < -0.39 is 0 Å². The van der Waals surface area contributed by atoms with Gasteiger partial charge in [0.15, 0.2) is 0 Å². The summed E-state index contributed by atoms with van der Waals surface area (Å²) in [7, 11) is 0. The van der Waals surface area contributed by atoms with Gasteiger partial charge in [-0.05, 0) is 32.6 Å². The van der Waals surface area contributed by atoms with Gasteiger partial charge in [0.2, 0.25) is 11.1 Å². The lowest BCUT2D eigenvalue weighted by Gasteiger charge is -2.42. The molecule has 0 radical (unpaired) electrons. The normalized spacial score (nSPS) is 32.7. The quantitative estimate of drug-likeness (QED) is 0.395. The molecule has 28 heavy (non-hydrogen) atoms. The van der Waals surface area contributed by atoms with Gasteiger partial charge in [0.25, 0.3) is 5.72 Å². The highest BCUT2D eigenvalue weighted by molar-refractivity contribution is 8.13. The van der Waals surface area contributed by atoms with Gasteiger partial charge in [-0.2, -0.15) is 4.58 Å². The van der Waals surface area contributed by atoms with Crippen LogP contribution in [0.3, 0.4) is 0 Å². The Morgan fingerprint density at radius 1 is 1.21 bits per heavy atom. The minimum atomic E-state index is -0.285. The molecule has 2 nitrogen and oxygen atoms in total. The SMILES string of the molecule is C=CC[C@]1([C@@H](C)C=C)CC[C@]2(C)OC(C)(C)[C@@H](c3ccccc3)[N+]2=C1SCC. The van der Waals surface area contributed by atoms with Gasteiger partial charge < -0.3 is 4.74 Å². The highest BCUT2D eigenvalue weighted by Crippen LogP contribution is 2.56. The molecular formula is C25H36NOS+. The Labute approximate surface area is 175 Å². The van der Waals surface area contributed by atoms with E-state index in [2.05, 4.69) is 94.8 Å². The van der Waals surface area contributed by atoms with E-state index >= 15 is 0 Å². The van der Waals surface area contributed by atoms with Crippen molar-refractivity contribution in [3.8, 4) is 0 Å². The van der Waals surface area contributed by atoms with Gasteiger partial charge in [0.05, 0.1) is 5.41 Å². The summed E-state index contributed by atoms with van der Waals surface area (Å²) in [5, 5.41) is 1.45. The van der Waals surface area contributed by atoms with E-state index in [1.165, 1.54) is 10.6 Å². The van der Waals surface area contributed by atoms with Crippen molar-refractivity contribution < 1.29 is 9.31 Å². The van der Waals surface area contributed by atoms with Gasteiger partial charge in [0.1, 0.15) is 5.60 Å². The average molecular weight is 399 g/mol. The largest absolute Gasteiger partial charge is 0.306 e. The Kier molecular flexibility index (Phi) is 5.99. The zero-order valence-corrected chi connectivity index (χ0v) is 19.0. The molecule has 0 bridgehead atoms. The van der Waals surface area contributed by atoms with E-state index in [9.17, 15) is 0 Å². The second-order valence-corrected chi connectivity index (χ2v) is 10.2. The summed E-state index contributed by atoms with van der Waals surface area (Å²) < 4.78 is 9.44. The molecule has 3 rings (SSSR count). The lowest BCUT2D eigenvalue weighted by atomic mass is 9.68. The van der Waals surface area contributed by atoms with Crippen molar-refractivity contribution in [3.05, 3.63) is 61.2 Å². The molecule has 2 aliphatic heterocycles. The maximum atomic E-state index is 6.81. The van der Waals surface area contributed by atoms with Gasteiger partial charge in [-0.15, -0.1) is 13.2 Å². The van der Waals surface area contributed by atoms with Gasteiger partial charge in [0, 0.05) is 24.7 Å². The van der Waals surface area contributed by atoms with Crippen molar-refractivity contribution in [2.75, 3.05) is 5.75 Å². The zero-order chi connectivity index (χ0) is 20.6. The minimum Gasteiger partial charge on any atom is -0.306 e. The first-order chi connectivity index (χ1) is 13.3. The fraction of sp³-hybridized carbons (Fsp3) is 0.560. The predicted octanol–water partition coefficient (Wildman–Crippen LogP) is 6.60. The lowest BCUT2D eigenvalue weighted by Crippen LogP contribution is -2.52. The molecule has 1 aromatic carbocycles. The van der Waals surface area contributed by atoms with Crippen LogP contribution >= 0.6 is 11.8 Å². The summed E-state index contributed by atoms with van der Waals surface area (Å²) in [6.45, 7) is 19.6. The smallest absolute Gasteiger partial charge is 0.266 e. The highest BCUT2D eigenvalue weighted by Gasteiger charge is 2.66. The number of benzene rings is 1. The number of hydrogen-bond donors (Lipinski definition) is 0. The predicted molar refractivity (Wildman–Crippen MR) is 122 cm³/mol. The first kappa shape index (κ1) is 21.4. The molecule has 0 aliphatic carbocycles. The summed E-state index contributed by atoms with van der Waals surface area (Å²) in [5.74, 6) is 1.43. The molecule has 0 spiro atoms. The molecule has 0 unspecified atom stereocenters. The van der Waals surface area contributed by atoms with Crippen LogP contribution < -0.4 is 0 Å². The zero-order valence-electron chi connectivity index (χ0n) is 18.2. The molecule has 1 saturated heterocycles. The average Bonchev–Trinajstić information content (AvgIpc) is 2.89. The van der Waals surface area contributed by atoms with E-state index in [0.29, 0.717) is 5.92 Å². The Morgan fingerprint density at radius 2 is 1.89 bits per heavy atom. The van der Waals surface area contributed by atoms with Crippen LogP contribution in [0.2, 0.25) is 0 Å². The fourth-order valence-electron chi connectivity index (χ4n) is 5.38. The van der Waals surface area contributed by atoms with Crippen molar-refractivity contribution in [2.24, 2.45) is 11.3 Å². The Balaban J connectivity index is 2.32. The molecule has 3 heteroatoms. The molecule has 4 atom stereocenters. The molecule has 152 valence electrons. The van der Waals surface area contributed by atoms with E-state index in [4.69, 9.17) is 4.74 Å². The molecule has 1 aromatic rings. The Morgan fingerprint density at radius 3 is 2.46 bits per heavy atom. The molecule has 0 N–H and O–H groups in total. The third-order valence-electron chi connectivity index (χ3n) is 6.72. The van der Waals surface area contributed by atoms with Crippen LogP contribution in [0.15, 0.2) is 55.6 Å². The summed E-state index contributed by atoms with van der Waals surface area (Å²) in [6.07, 6.45) is 7.30. The van der Waals surface area contributed by atoms with Gasteiger partial charge in [-0.3, -0.25) is 0 Å². The van der Waals surface area contributed by atoms with Gasteiger partial charge in [-0.25, -0.2) is 0 Å². The number of rotatable bonds is 6. The fourth-order valence-corrected chi connectivity index (χ4v) is 6.75. The van der Waals surface area contributed by atoms with Crippen LogP contribution in [0, 0.1) is 11.3 Å². The number of fused-ring (bicyclic) bond motifs is 1. The number of nitrogens with zero attached hydrogens (tertiary/aromatic N) is 1. The third-order valence-corrected chi connectivity index (χ3v) is 7.88. The van der Waals surface area contributed by atoms with Crippen LogP contribution in [0.25, 0.3) is 0 Å². The molecular weight excluding hydrogens is 362 g/mol. The van der Waals surface area contributed by atoms with Crippen LogP contribution in [0.1, 0.15) is 65.5 Å². The Hall–Kier alpha value is -1.32. The maximum Gasteiger partial charge on any atom is 0.266 e. The van der Waals surface area contributed by atoms with Crippen LogP contribution in [0.4, 0.5) is 0 Å². The van der Waals surface area contributed by atoms with E-state index in [-0.39, 0.29) is 22.8 Å². The molecule has 1 fully saturated rings. The highest BCUT2D eigenvalue weighted by atomic mass is 32.2. The maximum absolute atomic E-state index is 6.81. The Bertz CT molecular complexity index is 768. The van der Waals surface area contributed by atoms with E-state index in [0.717, 1.165) is 25.0 Å². The van der Waals surface area contributed by atoms with Crippen molar-refractivity contribution in [2.45, 2.75) is 71.2 Å². The summed E-state index contributed by atoms with van der Waals surface area (Å²) >= 11 is 1.98. The molecule has 0 aromatic heterocycles. The standard InChI is InChI=1S/C25H36NOS/c1-8-16-25(19(4)9-2)18-17-24(7)26(22(25)28-10-3)21(23(5,6)27-24)20-14-12-11-13-15-20/h8-9,11-15,19,21H,1-2,10,16-18H2,3-7H3/q+1/t19-,21+,24-,25+/m0/s1. The topological polar surface area (TPSA) is 12.2 Å². The third kappa shape index (κ3) is 3.31. The summed E-state index contributed by atoms with van der Waals surface area (Å²) in [5.41, 5.74) is 0.816. The van der Waals surface area contributed by atoms with Crippen molar-refractivity contribution in [1.29, 1.82) is 0 Å². The first-order valence-corrected chi connectivity index (χ1v) is 11.5. The number of thioether (sulfide) groups is 1. The van der Waals surface area contributed by atoms with Gasteiger partial charge >= 0.3 is 0 Å². The van der Waals surface area contributed by atoms with Gasteiger partial charge in [-0.1, -0.05) is 68.1 Å². The van der Waals surface area contributed by atoms with Crippen molar-refractivity contribution >= 4 is 16.8 Å². The van der Waals surface area contributed by atoms with Crippen LogP contribution in [-0.2, 0) is 4.74 Å². The van der Waals surface area contributed by atoms with E-state index in [1.54, 1.807) is 0 Å². The second kappa shape index (κ2) is 7.84. The number of allylic oxidation sites excluding steroid dienone is 2. The van der Waals surface area contributed by atoms with E-state index in [1.807, 2.05) is 11.8 Å². The summed E-state index contributed by atoms with van der Waals surface area (Å²) in [4.78, 5) is 0. The van der Waals surface area contributed by atoms with Crippen LogP contribution in [0.5, 0.6) is 0 Å².